The van der Waals surface area contributed by atoms with Crippen molar-refractivity contribution in [1.29, 1.82) is 0 Å². The van der Waals surface area contributed by atoms with E-state index in [4.69, 9.17) is 4.74 Å². The second-order valence-electron chi connectivity index (χ2n) is 7.66. The van der Waals surface area contributed by atoms with Gasteiger partial charge < -0.3 is 14.8 Å². The molecule has 0 radical (unpaired) electrons. The van der Waals surface area contributed by atoms with Gasteiger partial charge in [-0.15, -0.1) is 0 Å². The van der Waals surface area contributed by atoms with E-state index >= 15 is 0 Å². The van der Waals surface area contributed by atoms with Crippen LogP contribution in [0.3, 0.4) is 0 Å². The average molecular weight is 449 g/mol. The second-order valence-corrected chi connectivity index (χ2v) is 7.66. The number of pyridine rings is 2. The number of aromatic nitrogens is 4. The highest BCUT2D eigenvalue weighted by atomic mass is 19.4. The molecule has 0 bridgehead atoms. The molecule has 11 heteroatoms. The first-order valence-corrected chi connectivity index (χ1v) is 10.1. The predicted molar refractivity (Wildman–Crippen MR) is 109 cm³/mol. The van der Waals surface area contributed by atoms with E-state index in [9.17, 15) is 18.0 Å². The number of nitrogens with zero attached hydrogens (tertiary/aromatic N) is 4. The van der Waals surface area contributed by atoms with Crippen LogP contribution >= 0.6 is 0 Å². The predicted octanol–water partition coefficient (Wildman–Crippen LogP) is 3.49. The van der Waals surface area contributed by atoms with E-state index in [1.165, 1.54) is 0 Å². The number of alkyl halides is 3. The number of ether oxygens (including phenoxy) is 2. The van der Waals surface area contributed by atoms with E-state index in [2.05, 4.69) is 25.1 Å². The molecule has 1 fully saturated rings. The molecule has 0 aromatic carbocycles. The smallest absolute Gasteiger partial charge is 0.411 e. The molecular weight excluding hydrogens is 427 g/mol. The first-order valence-electron chi connectivity index (χ1n) is 10.1. The van der Waals surface area contributed by atoms with Crippen molar-refractivity contribution in [2.75, 3.05) is 25.1 Å². The summed E-state index contributed by atoms with van der Waals surface area (Å²) in [5.41, 5.74) is 2.33. The zero-order chi connectivity index (χ0) is 22.7. The third-order valence-corrected chi connectivity index (χ3v) is 4.83. The molecule has 1 saturated carbocycles. The normalized spacial score (nSPS) is 14.0. The highest BCUT2D eigenvalue weighted by molar-refractivity contribution is 6.00. The summed E-state index contributed by atoms with van der Waals surface area (Å²) in [6.45, 7) is 0.721. The summed E-state index contributed by atoms with van der Waals surface area (Å²) >= 11 is 0. The Kier molecular flexibility index (Phi) is 6.26. The fraction of sp³-hybridized carbons (Fsp3) is 0.429. The van der Waals surface area contributed by atoms with Gasteiger partial charge in [0.05, 0.1) is 24.1 Å². The minimum atomic E-state index is -4.35. The molecule has 3 aromatic heterocycles. The van der Waals surface area contributed by atoms with E-state index in [-0.39, 0.29) is 25.0 Å². The van der Waals surface area contributed by atoms with Gasteiger partial charge in [-0.25, -0.2) is 9.97 Å². The number of hydrogen-bond acceptors (Lipinski definition) is 6. The molecule has 1 amide bonds. The van der Waals surface area contributed by atoms with E-state index in [0.717, 1.165) is 34.9 Å². The van der Waals surface area contributed by atoms with Crippen molar-refractivity contribution < 1.29 is 27.4 Å². The second kappa shape index (κ2) is 9.11. The highest BCUT2D eigenvalue weighted by Crippen LogP contribution is 2.31. The van der Waals surface area contributed by atoms with Gasteiger partial charge in [-0.1, -0.05) is 0 Å². The molecule has 1 aliphatic carbocycles. The molecule has 0 aliphatic heterocycles. The minimum Gasteiger partial charge on any atom is -0.475 e. The lowest BCUT2D eigenvalue weighted by Crippen LogP contribution is -2.19. The summed E-state index contributed by atoms with van der Waals surface area (Å²) in [5.74, 6) is 0.894. The minimum absolute atomic E-state index is 0.0167. The van der Waals surface area contributed by atoms with Crippen molar-refractivity contribution in [3.63, 3.8) is 0 Å². The Balaban J connectivity index is 1.37. The lowest BCUT2D eigenvalue weighted by Gasteiger charge is -2.11. The Morgan fingerprint density at radius 1 is 1.28 bits per heavy atom. The molecule has 0 unspecified atom stereocenters. The summed E-state index contributed by atoms with van der Waals surface area (Å²) in [6.07, 6.45) is 2.52. The number of amides is 1. The molecule has 8 nitrogen and oxygen atoms in total. The SMILES string of the molecule is Cc1cc(Cn2cc3c(NC(=O)C4CC4)nccc3n2)cnc1OCCOCC(F)(F)F. The van der Waals surface area contributed by atoms with Crippen molar-refractivity contribution in [1.82, 2.24) is 19.7 Å². The molecule has 1 aliphatic rings. The maximum atomic E-state index is 12.1. The number of aryl methyl sites for hydroxylation is 1. The summed E-state index contributed by atoms with van der Waals surface area (Å²) in [7, 11) is 0. The summed E-state index contributed by atoms with van der Waals surface area (Å²) < 4.78 is 47.9. The number of halogens is 3. The summed E-state index contributed by atoms with van der Waals surface area (Å²) in [5, 5.41) is 8.16. The molecule has 170 valence electrons. The molecule has 4 rings (SSSR count). The Labute approximate surface area is 181 Å². The number of fused-ring (bicyclic) bond motifs is 1. The van der Waals surface area contributed by atoms with E-state index in [0.29, 0.717) is 18.2 Å². The molecule has 3 aromatic rings. The summed E-state index contributed by atoms with van der Waals surface area (Å²) in [6, 6.07) is 3.65. The highest BCUT2D eigenvalue weighted by Gasteiger charge is 2.30. The first kappa shape index (κ1) is 22.0. The zero-order valence-electron chi connectivity index (χ0n) is 17.4. The van der Waals surface area contributed by atoms with Crippen molar-refractivity contribution in [2.24, 2.45) is 5.92 Å². The van der Waals surface area contributed by atoms with Crippen LogP contribution in [0.5, 0.6) is 5.88 Å². The van der Waals surface area contributed by atoms with Gasteiger partial charge in [0.1, 0.15) is 19.0 Å². The molecule has 0 atom stereocenters. The lowest BCUT2D eigenvalue weighted by molar-refractivity contribution is -0.175. The standard InChI is InChI=1S/C21H22F3N5O3/c1-13-8-14(9-26-20(13)32-7-6-31-12-21(22,23)24)10-29-11-16-17(28-29)4-5-25-18(16)27-19(30)15-2-3-15/h4-5,8-9,11,15H,2-3,6-7,10,12H2,1H3,(H,25,27,30). The fourth-order valence-corrected chi connectivity index (χ4v) is 3.17. The van der Waals surface area contributed by atoms with Crippen LogP contribution in [-0.4, -0.2) is 51.7 Å². The van der Waals surface area contributed by atoms with Crippen molar-refractivity contribution >= 4 is 22.6 Å². The van der Waals surface area contributed by atoms with Gasteiger partial charge in [-0.2, -0.15) is 18.3 Å². The van der Waals surface area contributed by atoms with Crippen LogP contribution in [0.4, 0.5) is 19.0 Å². The van der Waals surface area contributed by atoms with Crippen LogP contribution in [0.2, 0.25) is 0 Å². The molecule has 0 saturated heterocycles. The zero-order valence-corrected chi connectivity index (χ0v) is 17.4. The molecule has 3 heterocycles. The number of rotatable bonds is 9. The molecule has 1 N–H and O–H groups in total. The quantitative estimate of drug-likeness (QED) is 0.503. The van der Waals surface area contributed by atoms with Gasteiger partial charge >= 0.3 is 6.18 Å². The molecular formula is C21H22F3N5O3. The number of nitrogens with one attached hydrogen (secondary N) is 1. The number of carbonyl (C=O) groups excluding carboxylic acids is 1. The van der Waals surface area contributed by atoms with E-state index < -0.39 is 12.8 Å². The molecule has 32 heavy (non-hydrogen) atoms. The third-order valence-electron chi connectivity index (χ3n) is 4.83. The number of anilines is 1. The topological polar surface area (TPSA) is 91.2 Å². The van der Waals surface area contributed by atoms with Crippen molar-refractivity contribution in [2.45, 2.75) is 32.5 Å². The van der Waals surface area contributed by atoms with Crippen molar-refractivity contribution in [3.8, 4) is 5.88 Å². The Morgan fingerprint density at radius 2 is 2.09 bits per heavy atom. The Bertz CT molecular complexity index is 1110. The van der Waals surface area contributed by atoms with Gasteiger partial charge in [0.25, 0.3) is 0 Å². The van der Waals surface area contributed by atoms with Crippen LogP contribution in [0, 0.1) is 12.8 Å². The van der Waals surface area contributed by atoms with E-state index in [1.807, 2.05) is 12.3 Å². The van der Waals surface area contributed by atoms with Crippen molar-refractivity contribution in [3.05, 3.63) is 41.9 Å². The van der Waals surface area contributed by atoms with Gasteiger partial charge in [-0.3, -0.25) is 9.48 Å². The van der Waals surface area contributed by atoms with Gasteiger partial charge in [0, 0.05) is 30.1 Å². The Hall–Kier alpha value is -3.21. The van der Waals surface area contributed by atoms with Crippen LogP contribution < -0.4 is 10.1 Å². The van der Waals surface area contributed by atoms with Crippen LogP contribution in [0.15, 0.2) is 30.7 Å². The van der Waals surface area contributed by atoms with Crippen LogP contribution in [0.25, 0.3) is 10.9 Å². The fourth-order valence-electron chi connectivity index (χ4n) is 3.17. The first-order chi connectivity index (χ1) is 15.3. The molecule has 0 spiro atoms. The van der Waals surface area contributed by atoms with Gasteiger partial charge in [-0.05, 0) is 37.5 Å². The number of hydrogen-bond donors (Lipinski definition) is 1. The maximum absolute atomic E-state index is 12.1. The largest absolute Gasteiger partial charge is 0.475 e. The third kappa shape index (κ3) is 5.72. The van der Waals surface area contributed by atoms with E-state index in [1.54, 1.807) is 30.1 Å². The van der Waals surface area contributed by atoms with Crippen LogP contribution in [-0.2, 0) is 16.1 Å². The number of carbonyl (C=O) groups is 1. The average Bonchev–Trinajstić information content (AvgIpc) is 3.49. The maximum Gasteiger partial charge on any atom is 0.411 e. The van der Waals surface area contributed by atoms with Crippen LogP contribution in [0.1, 0.15) is 24.0 Å². The van der Waals surface area contributed by atoms with Gasteiger partial charge in [0.15, 0.2) is 0 Å². The summed E-state index contributed by atoms with van der Waals surface area (Å²) in [4.78, 5) is 20.6. The Morgan fingerprint density at radius 3 is 2.81 bits per heavy atom. The lowest BCUT2D eigenvalue weighted by atomic mass is 10.2. The monoisotopic (exact) mass is 449 g/mol. The van der Waals surface area contributed by atoms with Gasteiger partial charge in [0.2, 0.25) is 11.8 Å².